The van der Waals surface area contributed by atoms with Gasteiger partial charge in [0.05, 0.1) is 6.04 Å². The molecular formula is C22H27N3. The van der Waals surface area contributed by atoms with Gasteiger partial charge in [0.15, 0.2) is 0 Å². The molecule has 0 aliphatic carbocycles. The maximum absolute atomic E-state index is 4.55. The van der Waals surface area contributed by atoms with Gasteiger partial charge in [-0.25, -0.2) is 4.98 Å². The molecule has 3 aromatic rings. The Balaban J connectivity index is 1.79. The SMILES string of the molecule is Cn1ccnc1[C@H](NCc1ccc(C(C)(C)C)cc1)c1ccccc1. The van der Waals surface area contributed by atoms with Crippen LogP contribution in [0.3, 0.4) is 0 Å². The summed E-state index contributed by atoms with van der Waals surface area (Å²) in [5, 5.41) is 3.67. The zero-order valence-corrected chi connectivity index (χ0v) is 15.5. The van der Waals surface area contributed by atoms with Gasteiger partial charge in [0.1, 0.15) is 5.82 Å². The van der Waals surface area contributed by atoms with Crippen LogP contribution in [0.25, 0.3) is 0 Å². The van der Waals surface area contributed by atoms with Crippen LogP contribution in [-0.4, -0.2) is 9.55 Å². The highest BCUT2D eigenvalue weighted by atomic mass is 15.1. The average molecular weight is 333 g/mol. The van der Waals surface area contributed by atoms with Crippen LogP contribution in [0.5, 0.6) is 0 Å². The summed E-state index contributed by atoms with van der Waals surface area (Å²) in [7, 11) is 2.04. The molecule has 1 N–H and O–H groups in total. The van der Waals surface area contributed by atoms with E-state index in [0.29, 0.717) is 0 Å². The monoisotopic (exact) mass is 333 g/mol. The van der Waals surface area contributed by atoms with E-state index in [4.69, 9.17) is 0 Å². The largest absolute Gasteiger partial charge is 0.336 e. The first-order valence-electron chi connectivity index (χ1n) is 8.80. The summed E-state index contributed by atoms with van der Waals surface area (Å²) in [4.78, 5) is 4.55. The number of hydrogen-bond acceptors (Lipinski definition) is 2. The molecule has 0 aliphatic rings. The average Bonchev–Trinajstić information content (AvgIpc) is 3.02. The van der Waals surface area contributed by atoms with Crippen LogP contribution >= 0.6 is 0 Å². The van der Waals surface area contributed by atoms with Crippen LogP contribution in [0.4, 0.5) is 0 Å². The molecule has 2 aromatic carbocycles. The second kappa shape index (κ2) is 7.24. The third kappa shape index (κ3) is 4.18. The summed E-state index contributed by atoms with van der Waals surface area (Å²) >= 11 is 0. The number of rotatable bonds is 5. The maximum Gasteiger partial charge on any atom is 0.130 e. The molecule has 0 amide bonds. The molecule has 0 unspecified atom stereocenters. The fourth-order valence-electron chi connectivity index (χ4n) is 3.00. The van der Waals surface area contributed by atoms with E-state index in [-0.39, 0.29) is 11.5 Å². The minimum absolute atomic E-state index is 0.0727. The Kier molecular flexibility index (Phi) is 5.05. The number of aryl methyl sites for hydroxylation is 1. The lowest BCUT2D eigenvalue weighted by atomic mass is 9.87. The zero-order valence-electron chi connectivity index (χ0n) is 15.5. The number of benzene rings is 2. The molecule has 3 rings (SSSR count). The van der Waals surface area contributed by atoms with Crippen molar-refractivity contribution in [1.29, 1.82) is 0 Å². The zero-order chi connectivity index (χ0) is 17.9. The van der Waals surface area contributed by atoms with Gasteiger partial charge in [0.2, 0.25) is 0 Å². The second-order valence-electron chi connectivity index (χ2n) is 7.57. The van der Waals surface area contributed by atoms with Gasteiger partial charge < -0.3 is 4.57 Å². The molecule has 0 radical (unpaired) electrons. The smallest absolute Gasteiger partial charge is 0.130 e. The van der Waals surface area contributed by atoms with Gasteiger partial charge in [-0.15, -0.1) is 0 Å². The lowest BCUT2D eigenvalue weighted by molar-refractivity contribution is 0.557. The first-order chi connectivity index (χ1) is 11.9. The van der Waals surface area contributed by atoms with Crippen LogP contribution in [0.1, 0.15) is 49.3 Å². The van der Waals surface area contributed by atoms with Crippen LogP contribution in [0.2, 0.25) is 0 Å². The predicted molar refractivity (Wildman–Crippen MR) is 103 cm³/mol. The standard InChI is InChI=1S/C22H27N3/c1-22(2,3)19-12-10-17(11-13-19)16-24-20(18-8-6-5-7-9-18)21-23-14-15-25(21)4/h5-15,20,24H,16H2,1-4H3/t20-/m1/s1. The summed E-state index contributed by atoms with van der Waals surface area (Å²) in [6, 6.07) is 19.5. The minimum atomic E-state index is 0.0727. The summed E-state index contributed by atoms with van der Waals surface area (Å²) < 4.78 is 2.08. The van der Waals surface area contributed by atoms with Gasteiger partial charge in [-0.3, -0.25) is 5.32 Å². The highest BCUT2D eigenvalue weighted by Crippen LogP contribution is 2.23. The highest BCUT2D eigenvalue weighted by molar-refractivity contribution is 5.29. The van der Waals surface area contributed by atoms with Crippen molar-refractivity contribution in [2.45, 2.75) is 38.8 Å². The lowest BCUT2D eigenvalue weighted by Gasteiger charge is -2.21. The first-order valence-corrected chi connectivity index (χ1v) is 8.80. The van der Waals surface area contributed by atoms with Gasteiger partial charge >= 0.3 is 0 Å². The van der Waals surface area contributed by atoms with Gasteiger partial charge in [-0.1, -0.05) is 75.4 Å². The number of nitrogens with zero attached hydrogens (tertiary/aromatic N) is 2. The highest BCUT2D eigenvalue weighted by Gasteiger charge is 2.18. The van der Waals surface area contributed by atoms with Crippen molar-refractivity contribution in [1.82, 2.24) is 14.9 Å². The maximum atomic E-state index is 4.55. The topological polar surface area (TPSA) is 29.9 Å². The lowest BCUT2D eigenvalue weighted by Crippen LogP contribution is -2.24. The number of nitrogens with one attached hydrogen (secondary N) is 1. The molecule has 0 aliphatic heterocycles. The van der Waals surface area contributed by atoms with Crippen molar-refractivity contribution in [2.75, 3.05) is 0 Å². The summed E-state index contributed by atoms with van der Waals surface area (Å²) in [6.45, 7) is 7.53. The van der Waals surface area contributed by atoms with Crippen molar-refractivity contribution < 1.29 is 0 Å². The molecule has 1 heterocycles. The van der Waals surface area contributed by atoms with Crippen molar-refractivity contribution >= 4 is 0 Å². The van der Waals surface area contributed by atoms with E-state index in [2.05, 4.69) is 84.2 Å². The molecule has 0 saturated carbocycles. The molecular weight excluding hydrogens is 306 g/mol. The predicted octanol–water partition coefficient (Wildman–Crippen LogP) is 4.60. The summed E-state index contributed by atoms with van der Waals surface area (Å²) in [5.74, 6) is 1.03. The third-order valence-electron chi connectivity index (χ3n) is 4.58. The molecule has 1 aromatic heterocycles. The van der Waals surface area contributed by atoms with E-state index in [1.807, 2.05) is 25.5 Å². The fraction of sp³-hybridized carbons (Fsp3) is 0.318. The number of hydrogen-bond donors (Lipinski definition) is 1. The number of imidazole rings is 1. The van der Waals surface area contributed by atoms with Gasteiger partial charge in [0.25, 0.3) is 0 Å². The minimum Gasteiger partial charge on any atom is -0.336 e. The molecule has 0 spiro atoms. The van der Waals surface area contributed by atoms with Crippen LogP contribution in [0.15, 0.2) is 67.0 Å². The first kappa shape index (κ1) is 17.4. The fourth-order valence-corrected chi connectivity index (χ4v) is 3.00. The Morgan fingerprint density at radius 3 is 2.24 bits per heavy atom. The Morgan fingerprint density at radius 2 is 1.68 bits per heavy atom. The third-order valence-corrected chi connectivity index (χ3v) is 4.58. The second-order valence-corrected chi connectivity index (χ2v) is 7.57. The van der Waals surface area contributed by atoms with Gasteiger partial charge in [-0.2, -0.15) is 0 Å². The Labute approximate surface area is 150 Å². The molecule has 25 heavy (non-hydrogen) atoms. The molecule has 3 nitrogen and oxygen atoms in total. The normalized spacial score (nSPS) is 13.0. The summed E-state index contributed by atoms with van der Waals surface area (Å²) in [6.07, 6.45) is 3.84. The Bertz CT molecular complexity index is 795. The van der Waals surface area contributed by atoms with Crippen LogP contribution in [-0.2, 0) is 19.0 Å². The summed E-state index contributed by atoms with van der Waals surface area (Å²) in [5.41, 5.74) is 4.05. The van der Waals surface area contributed by atoms with E-state index in [1.54, 1.807) is 0 Å². The van der Waals surface area contributed by atoms with Crippen LogP contribution < -0.4 is 5.32 Å². The van der Waals surface area contributed by atoms with E-state index in [1.165, 1.54) is 16.7 Å². The molecule has 0 bridgehead atoms. The quantitative estimate of drug-likeness (QED) is 0.740. The Hall–Kier alpha value is -2.39. The molecule has 0 saturated heterocycles. The molecule has 1 atom stereocenters. The molecule has 3 heteroatoms. The van der Waals surface area contributed by atoms with Crippen molar-refractivity contribution in [3.63, 3.8) is 0 Å². The van der Waals surface area contributed by atoms with Gasteiger partial charge in [-0.05, 0) is 22.1 Å². The van der Waals surface area contributed by atoms with E-state index in [9.17, 15) is 0 Å². The van der Waals surface area contributed by atoms with Crippen LogP contribution in [0, 0.1) is 0 Å². The van der Waals surface area contributed by atoms with E-state index >= 15 is 0 Å². The molecule has 130 valence electrons. The number of aromatic nitrogens is 2. The van der Waals surface area contributed by atoms with Crippen molar-refractivity contribution in [3.8, 4) is 0 Å². The van der Waals surface area contributed by atoms with E-state index < -0.39 is 0 Å². The Morgan fingerprint density at radius 1 is 1.00 bits per heavy atom. The van der Waals surface area contributed by atoms with E-state index in [0.717, 1.165) is 12.4 Å². The van der Waals surface area contributed by atoms with Gasteiger partial charge in [0, 0.05) is 26.0 Å². The van der Waals surface area contributed by atoms with Crippen molar-refractivity contribution in [2.24, 2.45) is 7.05 Å². The van der Waals surface area contributed by atoms with Crippen molar-refractivity contribution in [3.05, 3.63) is 89.5 Å². The molecule has 0 fully saturated rings.